The first kappa shape index (κ1) is 11.4. The monoisotopic (exact) mass is 239 g/mol. The third-order valence-corrected chi connectivity index (χ3v) is 3.20. The molecule has 0 radical (unpaired) electrons. The van der Waals surface area contributed by atoms with Gasteiger partial charge in [-0.25, -0.2) is 0 Å². The van der Waals surface area contributed by atoms with Crippen LogP contribution in [-0.2, 0) is 0 Å². The summed E-state index contributed by atoms with van der Waals surface area (Å²) in [6.07, 6.45) is 1.43. The molecule has 2 aliphatic heterocycles. The zero-order chi connectivity index (χ0) is 10.3. The number of fused-ring (bicyclic) bond motifs is 1. The number of Topliss-reactive ketones (excluding diaryl/α,β-unsaturated/α-hetero) is 1. The highest BCUT2D eigenvalue weighted by Crippen LogP contribution is 2.36. The van der Waals surface area contributed by atoms with E-state index in [2.05, 4.69) is 5.32 Å². The fraction of sp³-hybridized carbons (Fsp3) is 0.417. The van der Waals surface area contributed by atoms with Gasteiger partial charge in [-0.2, -0.15) is 0 Å². The number of carbonyl (C=O) groups excluding carboxylic acids is 1. The third-order valence-electron chi connectivity index (χ3n) is 3.20. The molecule has 0 amide bonds. The van der Waals surface area contributed by atoms with Crippen molar-refractivity contribution in [2.75, 3.05) is 13.1 Å². The molecule has 3 rings (SSSR count). The Hall–Kier alpha value is -1.06. The molecule has 1 fully saturated rings. The van der Waals surface area contributed by atoms with Crippen LogP contribution in [0.4, 0.5) is 0 Å². The fourth-order valence-corrected chi connectivity index (χ4v) is 2.40. The lowest BCUT2D eigenvalue weighted by Crippen LogP contribution is -2.43. The number of hydrogen-bond acceptors (Lipinski definition) is 3. The second kappa shape index (κ2) is 4.07. The van der Waals surface area contributed by atoms with Crippen molar-refractivity contribution in [1.82, 2.24) is 5.32 Å². The lowest BCUT2D eigenvalue weighted by molar-refractivity contribution is 0.0528. The number of nitrogens with one attached hydrogen (secondary N) is 1. The summed E-state index contributed by atoms with van der Waals surface area (Å²) in [6.45, 7) is 1.72. The third kappa shape index (κ3) is 1.70. The van der Waals surface area contributed by atoms with Gasteiger partial charge in [0.2, 0.25) is 0 Å². The Balaban J connectivity index is 0.000000963. The van der Waals surface area contributed by atoms with Crippen molar-refractivity contribution in [2.24, 2.45) is 0 Å². The van der Waals surface area contributed by atoms with Gasteiger partial charge in [-0.3, -0.25) is 4.79 Å². The number of benzene rings is 1. The van der Waals surface area contributed by atoms with Gasteiger partial charge in [0.25, 0.3) is 0 Å². The number of hydrogen-bond donors (Lipinski definition) is 1. The Kier molecular flexibility index (Phi) is 2.91. The van der Waals surface area contributed by atoms with Crippen molar-refractivity contribution in [2.45, 2.75) is 18.4 Å². The van der Waals surface area contributed by atoms with E-state index in [1.165, 1.54) is 0 Å². The molecule has 1 atom stereocenters. The van der Waals surface area contributed by atoms with E-state index in [1.807, 2.05) is 24.3 Å². The maximum atomic E-state index is 11.9. The van der Waals surface area contributed by atoms with E-state index in [0.29, 0.717) is 6.42 Å². The summed E-state index contributed by atoms with van der Waals surface area (Å²) in [6, 6.07) is 7.51. The number of para-hydroxylation sites is 1. The molecule has 0 saturated carbocycles. The maximum Gasteiger partial charge on any atom is 0.170 e. The molecule has 1 N–H and O–H groups in total. The summed E-state index contributed by atoms with van der Waals surface area (Å²) in [5.74, 6) is 0.956. The van der Waals surface area contributed by atoms with Crippen LogP contribution in [0.1, 0.15) is 23.2 Å². The Morgan fingerprint density at radius 2 is 2.12 bits per heavy atom. The van der Waals surface area contributed by atoms with Crippen molar-refractivity contribution in [1.29, 1.82) is 0 Å². The van der Waals surface area contributed by atoms with Crippen molar-refractivity contribution in [3.8, 4) is 5.75 Å². The van der Waals surface area contributed by atoms with E-state index in [0.717, 1.165) is 30.8 Å². The summed E-state index contributed by atoms with van der Waals surface area (Å²) in [7, 11) is 0. The lowest BCUT2D eigenvalue weighted by Gasteiger charge is -2.33. The van der Waals surface area contributed by atoms with Gasteiger partial charge in [-0.05, 0) is 18.7 Å². The van der Waals surface area contributed by atoms with Gasteiger partial charge in [0.1, 0.15) is 11.4 Å². The Bertz CT molecular complexity index is 413. The van der Waals surface area contributed by atoms with Gasteiger partial charge in [0.05, 0.1) is 12.0 Å². The molecular weight excluding hydrogens is 226 g/mol. The molecule has 1 aromatic carbocycles. The van der Waals surface area contributed by atoms with Crippen LogP contribution < -0.4 is 10.1 Å². The number of ketones is 1. The van der Waals surface area contributed by atoms with Crippen LogP contribution in [0.3, 0.4) is 0 Å². The molecule has 2 heterocycles. The van der Waals surface area contributed by atoms with Crippen LogP contribution >= 0.6 is 12.4 Å². The zero-order valence-electron chi connectivity index (χ0n) is 8.86. The number of carbonyl (C=O) groups is 1. The zero-order valence-corrected chi connectivity index (χ0v) is 9.68. The first-order valence-corrected chi connectivity index (χ1v) is 5.31. The van der Waals surface area contributed by atoms with Crippen LogP contribution in [0.2, 0.25) is 0 Å². The predicted octanol–water partition coefficient (Wildman–Crippen LogP) is 1.81. The van der Waals surface area contributed by atoms with Crippen molar-refractivity contribution < 1.29 is 9.53 Å². The highest BCUT2D eigenvalue weighted by molar-refractivity contribution is 6.00. The first-order chi connectivity index (χ1) is 7.29. The normalized spacial score (nSPS) is 27.1. The van der Waals surface area contributed by atoms with Crippen LogP contribution in [0.5, 0.6) is 5.75 Å². The number of halogens is 1. The second-order valence-corrected chi connectivity index (χ2v) is 4.31. The summed E-state index contributed by atoms with van der Waals surface area (Å²) < 4.78 is 5.97. The average Bonchev–Trinajstić information content (AvgIpc) is 2.66. The average molecular weight is 240 g/mol. The summed E-state index contributed by atoms with van der Waals surface area (Å²) in [4.78, 5) is 11.9. The molecule has 16 heavy (non-hydrogen) atoms. The maximum absolute atomic E-state index is 11.9. The topological polar surface area (TPSA) is 38.3 Å². The van der Waals surface area contributed by atoms with Gasteiger partial charge in [-0.15, -0.1) is 12.4 Å². The Morgan fingerprint density at radius 3 is 2.88 bits per heavy atom. The molecule has 0 aromatic heterocycles. The van der Waals surface area contributed by atoms with Crippen LogP contribution in [0.15, 0.2) is 24.3 Å². The van der Waals surface area contributed by atoms with Crippen LogP contribution in [-0.4, -0.2) is 24.5 Å². The minimum Gasteiger partial charge on any atom is -0.485 e. The lowest BCUT2D eigenvalue weighted by atomic mass is 9.89. The molecule has 86 valence electrons. The Morgan fingerprint density at radius 1 is 1.31 bits per heavy atom. The summed E-state index contributed by atoms with van der Waals surface area (Å²) in [5, 5.41) is 3.26. The minimum absolute atomic E-state index is 0. The second-order valence-electron chi connectivity index (χ2n) is 4.31. The molecule has 0 aliphatic carbocycles. The molecule has 1 saturated heterocycles. The molecule has 0 bridgehead atoms. The van der Waals surface area contributed by atoms with Crippen molar-refractivity contribution >= 4 is 18.2 Å². The molecule has 1 unspecified atom stereocenters. The quantitative estimate of drug-likeness (QED) is 0.751. The molecule has 4 heteroatoms. The van der Waals surface area contributed by atoms with E-state index in [-0.39, 0.29) is 23.8 Å². The highest BCUT2D eigenvalue weighted by Gasteiger charge is 2.42. The molecule has 1 aromatic rings. The fourth-order valence-electron chi connectivity index (χ4n) is 2.40. The van der Waals surface area contributed by atoms with Gasteiger partial charge in [-0.1, -0.05) is 12.1 Å². The standard InChI is InChI=1S/C12H13NO2.ClH/c14-10-7-12(5-6-13-8-12)15-11-4-2-1-3-9(10)11;/h1-4,13H,5-8H2;1H. The van der Waals surface area contributed by atoms with Crippen molar-refractivity contribution in [3.05, 3.63) is 29.8 Å². The molecule has 1 spiro atoms. The molecular formula is C12H14ClNO2. The highest BCUT2D eigenvalue weighted by atomic mass is 35.5. The van der Waals surface area contributed by atoms with Crippen molar-refractivity contribution in [3.63, 3.8) is 0 Å². The summed E-state index contributed by atoms with van der Waals surface area (Å²) >= 11 is 0. The SMILES string of the molecule is Cl.O=C1CC2(CCNC2)Oc2ccccc21. The van der Waals surface area contributed by atoms with E-state index >= 15 is 0 Å². The van der Waals surface area contributed by atoms with Crippen LogP contribution in [0, 0.1) is 0 Å². The number of rotatable bonds is 0. The molecule has 2 aliphatic rings. The first-order valence-electron chi connectivity index (χ1n) is 5.31. The van der Waals surface area contributed by atoms with Gasteiger partial charge >= 0.3 is 0 Å². The number of ether oxygens (including phenoxy) is 1. The van der Waals surface area contributed by atoms with E-state index in [9.17, 15) is 4.79 Å². The smallest absolute Gasteiger partial charge is 0.170 e. The van der Waals surface area contributed by atoms with Crippen LogP contribution in [0.25, 0.3) is 0 Å². The largest absolute Gasteiger partial charge is 0.485 e. The minimum atomic E-state index is -0.272. The van der Waals surface area contributed by atoms with Gasteiger partial charge in [0.15, 0.2) is 5.78 Å². The predicted molar refractivity (Wildman–Crippen MR) is 63.5 cm³/mol. The van der Waals surface area contributed by atoms with E-state index in [4.69, 9.17) is 4.74 Å². The van der Waals surface area contributed by atoms with E-state index in [1.54, 1.807) is 0 Å². The van der Waals surface area contributed by atoms with E-state index < -0.39 is 0 Å². The summed E-state index contributed by atoms with van der Waals surface area (Å²) in [5.41, 5.74) is 0.459. The van der Waals surface area contributed by atoms with Gasteiger partial charge in [0, 0.05) is 13.0 Å². The molecule has 3 nitrogen and oxygen atoms in total. The van der Waals surface area contributed by atoms with Gasteiger partial charge < -0.3 is 10.1 Å². The Labute approximate surface area is 101 Å².